The summed E-state index contributed by atoms with van der Waals surface area (Å²) in [6.07, 6.45) is 9.77. The number of rotatable bonds is 11. The Morgan fingerprint density at radius 3 is 2.56 bits per heavy atom. The van der Waals surface area contributed by atoms with E-state index in [9.17, 15) is 4.79 Å². The van der Waals surface area contributed by atoms with Crippen molar-refractivity contribution in [3.63, 3.8) is 0 Å². The molecule has 2 N–H and O–H groups in total. The van der Waals surface area contributed by atoms with Crippen LogP contribution in [0, 0.1) is 0 Å². The van der Waals surface area contributed by atoms with Crippen LogP contribution in [0.5, 0.6) is 0 Å². The average molecular weight is 451 g/mol. The van der Waals surface area contributed by atoms with Crippen molar-refractivity contribution in [1.29, 1.82) is 0 Å². The number of ether oxygens (including phenoxy) is 1. The molecule has 32 heavy (non-hydrogen) atoms. The molecule has 0 aromatic heterocycles. The van der Waals surface area contributed by atoms with Crippen molar-refractivity contribution in [2.75, 3.05) is 26.0 Å². The van der Waals surface area contributed by atoms with Crippen LogP contribution in [-0.2, 0) is 9.53 Å². The van der Waals surface area contributed by atoms with Crippen molar-refractivity contribution in [1.82, 2.24) is 10.6 Å². The van der Waals surface area contributed by atoms with Gasteiger partial charge in [-0.15, -0.1) is 11.8 Å². The smallest absolute Gasteiger partial charge is 0.147 e. The third kappa shape index (κ3) is 7.43. The first-order chi connectivity index (χ1) is 15.5. The van der Waals surface area contributed by atoms with Crippen LogP contribution >= 0.6 is 11.8 Å². The number of benzene rings is 1. The molecular weight excluding hydrogens is 416 g/mol. The van der Waals surface area contributed by atoms with Crippen molar-refractivity contribution < 1.29 is 9.53 Å². The second-order valence-corrected chi connectivity index (χ2v) is 8.34. The molecule has 0 saturated carbocycles. The van der Waals surface area contributed by atoms with Gasteiger partial charge in [0.05, 0.1) is 6.61 Å². The first-order valence-corrected chi connectivity index (χ1v) is 11.9. The summed E-state index contributed by atoms with van der Waals surface area (Å²) >= 11 is 1.78. The number of carbonyl (C=O) groups is 1. The van der Waals surface area contributed by atoms with Crippen LogP contribution in [0.1, 0.15) is 38.3 Å². The maximum absolute atomic E-state index is 11.4. The van der Waals surface area contributed by atoms with Crippen molar-refractivity contribution in [3.8, 4) is 0 Å². The standard InChI is InChI=1S/C27H34N2O2S/c1-6-8-24(25(7-2)29-26(13-14-28-5)21(4)18-30)17-20(3)22-9-11-23(12-10-22)27-19-32-16-15-31-27/h6-12,17-19,28-29H,3,13-16H2,1-2,4-5H3/b8-6-,24-17+,25-7-,26-21+. The largest absolute Gasteiger partial charge is 0.492 e. The third-order valence-electron chi connectivity index (χ3n) is 5.03. The van der Waals surface area contributed by atoms with Crippen molar-refractivity contribution in [2.24, 2.45) is 0 Å². The Morgan fingerprint density at radius 1 is 1.25 bits per heavy atom. The van der Waals surface area contributed by atoms with Gasteiger partial charge in [-0.3, -0.25) is 4.79 Å². The van der Waals surface area contributed by atoms with Crippen LogP contribution in [-0.4, -0.2) is 32.2 Å². The van der Waals surface area contributed by atoms with Crippen LogP contribution in [0.4, 0.5) is 0 Å². The second-order valence-electron chi connectivity index (χ2n) is 7.36. The van der Waals surface area contributed by atoms with E-state index in [4.69, 9.17) is 4.74 Å². The lowest BCUT2D eigenvalue weighted by Crippen LogP contribution is -2.20. The zero-order valence-electron chi connectivity index (χ0n) is 19.5. The molecule has 170 valence electrons. The molecule has 0 bridgehead atoms. The zero-order chi connectivity index (χ0) is 23.3. The predicted octanol–water partition coefficient (Wildman–Crippen LogP) is 5.84. The minimum atomic E-state index is 0.700. The Hall–Kier alpha value is -2.76. The van der Waals surface area contributed by atoms with Crippen LogP contribution < -0.4 is 10.6 Å². The number of hydrogen-bond acceptors (Lipinski definition) is 5. The summed E-state index contributed by atoms with van der Waals surface area (Å²) in [7, 11) is 1.90. The summed E-state index contributed by atoms with van der Waals surface area (Å²) in [5.74, 6) is 1.92. The highest BCUT2D eigenvalue weighted by Crippen LogP contribution is 2.27. The highest BCUT2D eigenvalue weighted by Gasteiger charge is 2.10. The molecular formula is C27H34N2O2S. The first kappa shape index (κ1) is 25.5. The number of thioether (sulfide) groups is 1. The summed E-state index contributed by atoms with van der Waals surface area (Å²) in [4.78, 5) is 11.4. The molecule has 4 nitrogen and oxygen atoms in total. The molecule has 1 heterocycles. The van der Waals surface area contributed by atoms with Gasteiger partial charge in [-0.25, -0.2) is 0 Å². The topological polar surface area (TPSA) is 50.4 Å². The number of aldehydes is 1. The Bertz CT molecular complexity index is 950. The van der Waals surface area contributed by atoms with Gasteiger partial charge in [-0.1, -0.05) is 49.1 Å². The van der Waals surface area contributed by atoms with E-state index in [2.05, 4.69) is 53.0 Å². The van der Waals surface area contributed by atoms with E-state index in [0.717, 1.165) is 71.0 Å². The van der Waals surface area contributed by atoms with Crippen molar-refractivity contribution in [3.05, 3.63) is 94.2 Å². The lowest BCUT2D eigenvalue weighted by Gasteiger charge is -2.17. The molecule has 0 aliphatic carbocycles. The lowest BCUT2D eigenvalue weighted by atomic mass is 10.0. The minimum Gasteiger partial charge on any atom is -0.492 e. The van der Waals surface area contributed by atoms with E-state index in [1.54, 1.807) is 11.8 Å². The summed E-state index contributed by atoms with van der Waals surface area (Å²) in [6.45, 7) is 11.6. The van der Waals surface area contributed by atoms with E-state index in [1.165, 1.54) is 0 Å². The summed E-state index contributed by atoms with van der Waals surface area (Å²) in [5.41, 5.74) is 6.57. The fourth-order valence-corrected chi connectivity index (χ4v) is 3.84. The van der Waals surface area contributed by atoms with Crippen molar-refractivity contribution >= 4 is 29.4 Å². The number of allylic oxidation sites excluding steroid dienone is 6. The van der Waals surface area contributed by atoms with Gasteiger partial charge >= 0.3 is 0 Å². The summed E-state index contributed by atoms with van der Waals surface area (Å²) in [5, 5.41) is 8.68. The van der Waals surface area contributed by atoms with Gasteiger partial charge in [-0.05, 0) is 50.6 Å². The van der Waals surface area contributed by atoms with E-state index in [-0.39, 0.29) is 0 Å². The predicted molar refractivity (Wildman–Crippen MR) is 139 cm³/mol. The van der Waals surface area contributed by atoms with E-state index < -0.39 is 0 Å². The monoisotopic (exact) mass is 450 g/mol. The van der Waals surface area contributed by atoms with Gasteiger partial charge in [0.15, 0.2) is 0 Å². The molecule has 1 aromatic rings. The fraction of sp³-hybridized carbons (Fsp3) is 0.296. The maximum Gasteiger partial charge on any atom is 0.147 e. The molecule has 5 heteroatoms. The van der Waals surface area contributed by atoms with Gasteiger partial charge in [0.25, 0.3) is 0 Å². The summed E-state index contributed by atoms with van der Waals surface area (Å²) in [6, 6.07) is 8.29. The molecule has 0 atom stereocenters. The van der Waals surface area contributed by atoms with Gasteiger partial charge in [0.1, 0.15) is 12.0 Å². The molecule has 2 rings (SSSR count). The maximum atomic E-state index is 11.4. The molecule has 0 unspecified atom stereocenters. The molecule has 1 aliphatic heterocycles. The highest BCUT2D eigenvalue weighted by molar-refractivity contribution is 8.02. The third-order valence-corrected chi connectivity index (χ3v) is 5.81. The molecule has 1 aliphatic rings. The first-order valence-electron chi connectivity index (χ1n) is 10.9. The van der Waals surface area contributed by atoms with Gasteiger partial charge < -0.3 is 15.4 Å². The van der Waals surface area contributed by atoms with Gasteiger partial charge in [-0.2, -0.15) is 0 Å². The minimum absolute atomic E-state index is 0.700. The quantitative estimate of drug-likeness (QED) is 0.252. The normalized spacial score (nSPS) is 15.7. The number of carbonyl (C=O) groups excluding carboxylic acids is 1. The van der Waals surface area contributed by atoms with Crippen LogP contribution in [0.2, 0.25) is 0 Å². The fourth-order valence-electron chi connectivity index (χ4n) is 3.19. The molecule has 0 saturated heterocycles. The molecule has 0 radical (unpaired) electrons. The van der Waals surface area contributed by atoms with Crippen LogP contribution in [0.25, 0.3) is 11.3 Å². The highest BCUT2D eigenvalue weighted by atomic mass is 32.2. The zero-order valence-corrected chi connectivity index (χ0v) is 20.4. The molecule has 1 aromatic carbocycles. The van der Waals surface area contributed by atoms with Crippen LogP contribution in [0.15, 0.2) is 83.1 Å². The van der Waals surface area contributed by atoms with E-state index in [0.29, 0.717) is 5.57 Å². The molecule has 0 fully saturated rings. The number of hydrogen-bond donors (Lipinski definition) is 2. The average Bonchev–Trinajstić information content (AvgIpc) is 2.84. The van der Waals surface area contributed by atoms with Crippen molar-refractivity contribution in [2.45, 2.75) is 27.2 Å². The Balaban J connectivity index is 2.27. The van der Waals surface area contributed by atoms with Gasteiger partial charge in [0, 0.05) is 46.7 Å². The second kappa shape index (κ2) is 13.6. The van der Waals surface area contributed by atoms with Gasteiger partial charge in [0.2, 0.25) is 0 Å². The van der Waals surface area contributed by atoms with Crippen LogP contribution in [0.3, 0.4) is 0 Å². The Labute approximate surface area is 196 Å². The molecule has 0 spiro atoms. The van der Waals surface area contributed by atoms with E-state index >= 15 is 0 Å². The van der Waals surface area contributed by atoms with E-state index in [1.807, 2.05) is 46.0 Å². The Morgan fingerprint density at radius 2 is 2.00 bits per heavy atom. The molecule has 0 amide bonds. The number of nitrogens with one attached hydrogen (secondary N) is 2. The Kier molecular flexibility index (Phi) is 10.8. The summed E-state index contributed by atoms with van der Waals surface area (Å²) < 4.78 is 5.75. The lowest BCUT2D eigenvalue weighted by molar-refractivity contribution is -0.104. The SMILES string of the molecule is C=C(/C=C(\C=C/C)C(=C/C)/N/C(CCNC)=C(\C)C=O)c1ccc(C2=CSCCO2)cc1.